The lowest BCUT2D eigenvalue weighted by Gasteiger charge is -2.17. The zero-order valence-corrected chi connectivity index (χ0v) is 13.3. The van der Waals surface area contributed by atoms with E-state index in [1.165, 1.54) is 18.2 Å². The van der Waals surface area contributed by atoms with Crippen LogP contribution in [0.25, 0.3) is 0 Å². The number of carbonyl (C=O) groups excluding carboxylic acids is 1. The summed E-state index contributed by atoms with van der Waals surface area (Å²) >= 11 is 0. The molecule has 1 amide bonds. The molecule has 0 spiro atoms. The highest BCUT2D eigenvalue weighted by molar-refractivity contribution is 5.84. The molecule has 0 heterocycles. The molecule has 0 aromatic heterocycles. The number of hydrogen-bond donors (Lipinski definition) is 2. The number of amides is 1. The molecule has 1 aliphatic carbocycles. The van der Waals surface area contributed by atoms with Gasteiger partial charge in [-0.05, 0) is 24.1 Å². The van der Waals surface area contributed by atoms with Crippen LogP contribution in [0.4, 0.5) is 8.78 Å². The summed E-state index contributed by atoms with van der Waals surface area (Å²) in [6, 6.07) is 11.7. The highest BCUT2D eigenvalue weighted by Crippen LogP contribution is 2.49. The number of nitrogens with one attached hydrogen (secondary N) is 1. The summed E-state index contributed by atoms with van der Waals surface area (Å²) in [5.41, 5.74) is 0.602. The Bertz CT molecular complexity index is 774. The Balaban J connectivity index is 1.72. The van der Waals surface area contributed by atoms with Crippen molar-refractivity contribution in [3.63, 3.8) is 0 Å². The number of halogens is 2. The molecule has 0 bridgehead atoms. The SMILES string of the molecule is O=C(O)CC(NC(=O)C1CC1c1c(F)cccc1F)c1ccccc1. The van der Waals surface area contributed by atoms with Crippen LogP contribution in [0.2, 0.25) is 0 Å². The number of rotatable bonds is 6. The van der Waals surface area contributed by atoms with Gasteiger partial charge in [-0.15, -0.1) is 0 Å². The average molecular weight is 345 g/mol. The van der Waals surface area contributed by atoms with E-state index in [4.69, 9.17) is 5.11 Å². The number of benzene rings is 2. The molecule has 25 heavy (non-hydrogen) atoms. The molecule has 2 aromatic carbocycles. The second-order valence-electron chi connectivity index (χ2n) is 6.15. The molecule has 0 saturated heterocycles. The van der Waals surface area contributed by atoms with E-state index in [9.17, 15) is 18.4 Å². The van der Waals surface area contributed by atoms with Crippen molar-refractivity contribution in [1.82, 2.24) is 5.32 Å². The van der Waals surface area contributed by atoms with E-state index in [-0.39, 0.29) is 17.9 Å². The molecule has 1 saturated carbocycles. The minimum absolute atomic E-state index is 0.0721. The third kappa shape index (κ3) is 3.84. The maximum absolute atomic E-state index is 13.8. The van der Waals surface area contributed by atoms with Gasteiger partial charge >= 0.3 is 5.97 Å². The molecule has 2 aromatic rings. The predicted molar refractivity (Wildman–Crippen MR) is 86.8 cm³/mol. The Morgan fingerprint density at radius 2 is 1.72 bits per heavy atom. The van der Waals surface area contributed by atoms with Crippen molar-refractivity contribution in [3.05, 3.63) is 71.3 Å². The van der Waals surface area contributed by atoms with E-state index in [2.05, 4.69) is 5.32 Å². The first-order valence-corrected chi connectivity index (χ1v) is 7.98. The minimum Gasteiger partial charge on any atom is -0.481 e. The fourth-order valence-electron chi connectivity index (χ4n) is 3.06. The summed E-state index contributed by atoms with van der Waals surface area (Å²) in [4.78, 5) is 23.5. The van der Waals surface area contributed by atoms with Crippen LogP contribution in [-0.2, 0) is 9.59 Å². The zero-order chi connectivity index (χ0) is 18.0. The number of carboxylic acid groups (broad SMARTS) is 1. The summed E-state index contributed by atoms with van der Waals surface area (Å²) in [6.45, 7) is 0. The maximum atomic E-state index is 13.8. The van der Waals surface area contributed by atoms with Gasteiger partial charge in [-0.3, -0.25) is 9.59 Å². The zero-order valence-electron chi connectivity index (χ0n) is 13.3. The summed E-state index contributed by atoms with van der Waals surface area (Å²) in [7, 11) is 0. The molecule has 3 rings (SSSR count). The van der Waals surface area contributed by atoms with Crippen LogP contribution in [0, 0.1) is 17.6 Å². The standard InChI is InChI=1S/C19H17F2NO3/c20-14-7-4-8-15(21)18(14)12-9-13(12)19(25)22-16(10-17(23)24)11-5-2-1-3-6-11/h1-8,12-13,16H,9-10H2,(H,22,25)(H,23,24). The van der Waals surface area contributed by atoms with Gasteiger partial charge < -0.3 is 10.4 Å². The molecule has 1 aliphatic rings. The molecule has 1 fully saturated rings. The molecule has 0 aliphatic heterocycles. The van der Waals surface area contributed by atoms with Gasteiger partial charge in [-0.2, -0.15) is 0 Å². The second-order valence-corrected chi connectivity index (χ2v) is 6.15. The van der Waals surface area contributed by atoms with Crippen LogP contribution in [-0.4, -0.2) is 17.0 Å². The molecule has 6 heteroatoms. The summed E-state index contributed by atoms with van der Waals surface area (Å²) < 4.78 is 27.7. The van der Waals surface area contributed by atoms with E-state index in [0.29, 0.717) is 12.0 Å². The maximum Gasteiger partial charge on any atom is 0.305 e. The lowest BCUT2D eigenvalue weighted by Crippen LogP contribution is -2.31. The molecule has 3 unspecified atom stereocenters. The Labute approximate surface area is 143 Å². The Morgan fingerprint density at radius 3 is 2.32 bits per heavy atom. The monoisotopic (exact) mass is 345 g/mol. The number of carboxylic acids is 1. The van der Waals surface area contributed by atoms with Crippen LogP contribution in [0.3, 0.4) is 0 Å². The van der Waals surface area contributed by atoms with E-state index in [0.717, 1.165) is 0 Å². The van der Waals surface area contributed by atoms with Crippen molar-refractivity contribution < 1.29 is 23.5 Å². The van der Waals surface area contributed by atoms with E-state index in [1.807, 2.05) is 0 Å². The minimum atomic E-state index is -1.04. The van der Waals surface area contributed by atoms with Gasteiger partial charge in [-0.1, -0.05) is 36.4 Å². The largest absolute Gasteiger partial charge is 0.481 e. The second kappa shape index (κ2) is 7.01. The van der Waals surface area contributed by atoms with Gasteiger partial charge in [0.2, 0.25) is 5.91 Å². The summed E-state index contributed by atoms with van der Waals surface area (Å²) in [5.74, 6) is -3.81. The van der Waals surface area contributed by atoms with Gasteiger partial charge in [0, 0.05) is 17.4 Å². The van der Waals surface area contributed by atoms with Crippen LogP contribution < -0.4 is 5.32 Å². The first-order valence-electron chi connectivity index (χ1n) is 7.98. The van der Waals surface area contributed by atoms with Crippen molar-refractivity contribution in [3.8, 4) is 0 Å². The van der Waals surface area contributed by atoms with Crippen molar-refractivity contribution >= 4 is 11.9 Å². The molecule has 3 atom stereocenters. The smallest absolute Gasteiger partial charge is 0.305 e. The Morgan fingerprint density at radius 1 is 1.08 bits per heavy atom. The molecule has 2 N–H and O–H groups in total. The van der Waals surface area contributed by atoms with Crippen LogP contribution in [0.1, 0.15) is 35.9 Å². The lowest BCUT2D eigenvalue weighted by molar-refractivity contribution is -0.137. The lowest BCUT2D eigenvalue weighted by atomic mass is 10.0. The highest BCUT2D eigenvalue weighted by Gasteiger charge is 2.47. The molecular formula is C19H17F2NO3. The Kier molecular flexibility index (Phi) is 4.79. The van der Waals surface area contributed by atoms with Crippen LogP contribution >= 0.6 is 0 Å². The van der Waals surface area contributed by atoms with Crippen molar-refractivity contribution in [2.24, 2.45) is 5.92 Å². The third-order valence-corrected chi connectivity index (χ3v) is 4.39. The van der Waals surface area contributed by atoms with Gasteiger partial charge in [0.1, 0.15) is 11.6 Å². The first-order chi connectivity index (χ1) is 12.0. The topological polar surface area (TPSA) is 66.4 Å². The first kappa shape index (κ1) is 17.1. The quantitative estimate of drug-likeness (QED) is 0.843. The average Bonchev–Trinajstić information content (AvgIpc) is 3.35. The third-order valence-electron chi connectivity index (χ3n) is 4.39. The van der Waals surface area contributed by atoms with Gasteiger partial charge in [0.25, 0.3) is 0 Å². The predicted octanol–water partition coefficient (Wildman–Crippen LogP) is 3.40. The number of aliphatic carboxylic acids is 1. The normalized spacial score (nSPS) is 19.9. The van der Waals surface area contributed by atoms with Gasteiger partial charge in [-0.25, -0.2) is 8.78 Å². The van der Waals surface area contributed by atoms with Gasteiger partial charge in [0.15, 0.2) is 0 Å². The number of hydrogen-bond acceptors (Lipinski definition) is 2. The van der Waals surface area contributed by atoms with Crippen molar-refractivity contribution in [2.75, 3.05) is 0 Å². The van der Waals surface area contributed by atoms with E-state index in [1.54, 1.807) is 30.3 Å². The molecule has 0 radical (unpaired) electrons. The molecular weight excluding hydrogens is 328 g/mol. The van der Waals surface area contributed by atoms with E-state index < -0.39 is 35.5 Å². The molecule has 4 nitrogen and oxygen atoms in total. The Hall–Kier alpha value is -2.76. The van der Waals surface area contributed by atoms with Crippen LogP contribution in [0.15, 0.2) is 48.5 Å². The van der Waals surface area contributed by atoms with Gasteiger partial charge in [0.05, 0.1) is 12.5 Å². The van der Waals surface area contributed by atoms with Crippen molar-refractivity contribution in [2.45, 2.75) is 24.8 Å². The highest BCUT2D eigenvalue weighted by atomic mass is 19.1. The van der Waals surface area contributed by atoms with Crippen LogP contribution in [0.5, 0.6) is 0 Å². The summed E-state index contributed by atoms with van der Waals surface area (Å²) in [6.07, 6.45) is 0.0828. The number of carbonyl (C=O) groups is 2. The van der Waals surface area contributed by atoms with E-state index >= 15 is 0 Å². The molecule has 130 valence electrons. The summed E-state index contributed by atoms with van der Waals surface area (Å²) in [5, 5.41) is 11.8. The fourth-order valence-corrected chi connectivity index (χ4v) is 3.06. The fraction of sp³-hybridized carbons (Fsp3) is 0.263. The van der Waals surface area contributed by atoms with Crippen molar-refractivity contribution in [1.29, 1.82) is 0 Å².